The number of aliphatic carboxylic acids is 1. The molecular formula is C29H24N10O7S2. The smallest absolute Gasteiger partial charge is 0.352 e. The van der Waals surface area contributed by atoms with E-state index in [9.17, 15) is 34.5 Å². The topological polar surface area (TPSA) is 242 Å². The highest BCUT2D eigenvalue weighted by atomic mass is 32.2. The molecule has 0 unspecified atom stereocenters. The molecule has 7 N–H and O–H groups in total. The molecule has 19 heteroatoms. The molecule has 48 heavy (non-hydrogen) atoms. The van der Waals surface area contributed by atoms with Gasteiger partial charge in [-0.2, -0.15) is 0 Å². The number of amides is 3. The first-order chi connectivity index (χ1) is 23.1. The first-order valence-electron chi connectivity index (χ1n) is 14.1. The molecule has 1 aromatic carbocycles. The summed E-state index contributed by atoms with van der Waals surface area (Å²) in [6.07, 6.45) is 5.65. The fraction of sp³-hybridized carbons (Fsp3) is 0.172. The quantitative estimate of drug-likeness (QED) is 0.129. The molecule has 7 rings (SSSR count). The third-order valence-corrected chi connectivity index (χ3v) is 10.3. The summed E-state index contributed by atoms with van der Waals surface area (Å²) in [6.45, 7) is 0. The van der Waals surface area contributed by atoms with E-state index in [2.05, 4.69) is 31.3 Å². The van der Waals surface area contributed by atoms with Crippen molar-refractivity contribution in [3.63, 3.8) is 0 Å². The van der Waals surface area contributed by atoms with Gasteiger partial charge in [0.15, 0.2) is 11.4 Å². The van der Waals surface area contributed by atoms with Gasteiger partial charge in [0.25, 0.3) is 11.8 Å². The summed E-state index contributed by atoms with van der Waals surface area (Å²) >= 11 is 2.46. The number of dihydropyridines is 1. The summed E-state index contributed by atoms with van der Waals surface area (Å²) in [7, 11) is 0. The average Bonchev–Trinajstić information content (AvgIpc) is 3.55. The van der Waals surface area contributed by atoms with Gasteiger partial charge in [-0.1, -0.05) is 12.1 Å². The van der Waals surface area contributed by atoms with Gasteiger partial charge in [-0.15, -0.1) is 38.4 Å². The first-order valence-corrected chi connectivity index (χ1v) is 16.2. The molecule has 0 aliphatic carbocycles. The Bertz CT molecular complexity index is 2070. The van der Waals surface area contributed by atoms with Crippen molar-refractivity contribution in [3.05, 3.63) is 101 Å². The van der Waals surface area contributed by atoms with Crippen LogP contribution < -0.4 is 16.4 Å². The van der Waals surface area contributed by atoms with Crippen molar-refractivity contribution in [1.82, 2.24) is 45.7 Å². The maximum Gasteiger partial charge on any atom is 0.352 e. The van der Waals surface area contributed by atoms with Crippen molar-refractivity contribution < 1.29 is 34.5 Å². The highest BCUT2D eigenvalue weighted by Gasteiger charge is 2.69. The lowest BCUT2D eigenvalue weighted by Crippen LogP contribution is -2.85. The number of phenols is 1. The van der Waals surface area contributed by atoms with Crippen molar-refractivity contribution in [2.24, 2.45) is 5.73 Å². The van der Waals surface area contributed by atoms with Crippen LogP contribution in [0, 0.1) is 0 Å². The molecule has 0 saturated carbocycles. The Morgan fingerprint density at radius 3 is 2.71 bits per heavy atom. The minimum atomic E-state index is -1.95. The van der Waals surface area contributed by atoms with Crippen LogP contribution in [0.3, 0.4) is 0 Å². The summed E-state index contributed by atoms with van der Waals surface area (Å²) in [5, 5.41) is 51.6. The number of nitrogens with two attached hydrogens (primary N) is 1. The fourth-order valence-corrected chi connectivity index (χ4v) is 8.17. The largest absolute Gasteiger partial charge is 0.508 e. The Balaban J connectivity index is 1.27. The van der Waals surface area contributed by atoms with E-state index in [1.54, 1.807) is 36.4 Å². The summed E-state index contributed by atoms with van der Waals surface area (Å²) in [5.74, 6) is -3.85. The van der Waals surface area contributed by atoms with Crippen LogP contribution in [0.1, 0.15) is 5.56 Å². The lowest BCUT2D eigenvalue weighted by atomic mass is 9.89. The Morgan fingerprint density at radius 1 is 1.17 bits per heavy atom. The number of fused-ring (bicyclic) bond motifs is 3. The van der Waals surface area contributed by atoms with E-state index in [-0.39, 0.29) is 46.3 Å². The number of aliphatic hydroxyl groups excluding tert-OH is 1. The minimum Gasteiger partial charge on any atom is -0.508 e. The monoisotopic (exact) mass is 688 g/mol. The van der Waals surface area contributed by atoms with E-state index < -0.39 is 40.5 Å². The number of allylic oxidation sites excluding steroid dienone is 2. The number of hydrogen-bond acceptors (Lipinski definition) is 14. The summed E-state index contributed by atoms with van der Waals surface area (Å²) in [6, 6.07) is 9.30. The van der Waals surface area contributed by atoms with Gasteiger partial charge in [0.1, 0.15) is 27.5 Å². The number of aromatic hydroxyl groups is 1. The van der Waals surface area contributed by atoms with Gasteiger partial charge in [0, 0.05) is 23.9 Å². The van der Waals surface area contributed by atoms with Crippen molar-refractivity contribution in [3.8, 4) is 5.75 Å². The molecule has 0 radical (unpaired) electrons. The zero-order valence-corrected chi connectivity index (χ0v) is 26.1. The van der Waals surface area contributed by atoms with Crippen molar-refractivity contribution in [2.45, 2.75) is 22.5 Å². The Kier molecular flexibility index (Phi) is 7.55. The summed E-state index contributed by atoms with van der Waals surface area (Å²) < 4.78 is 1.24. The van der Waals surface area contributed by atoms with Crippen LogP contribution in [0.5, 0.6) is 5.75 Å². The molecule has 1 saturated heterocycles. The molecule has 2 aromatic heterocycles. The van der Waals surface area contributed by atoms with Crippen LogP contribution in [0.4, 0.5) is 0 Å². The van der Waals surface area contributed by atoms with E-state index in [1.807, 2.05) is 0 Å². The number of carboxylic acid groups (broad SMARTS) is 1. The van der Waals surface area contributed by atoms with Gasteiger partial charge in [0.05, 0.1) is 17.7 Å². The number of phenolic OH excluding ortho intramolecular Hbond substituents is 1. The van der Waals surface area contributed by atoms with Crippen LogP contribution in [-0.4, -0.2) is 96.6 Å². The van der Waals surface area contributed by atoms with E-state index in [0.717, 1.165) is 4.90 Å². The van der Waals surface area contributed by atoms with Gasteiger partial charge in [0.2, 0.25) is 11.6 Å². The molecule has 17 nitrogen and oxygen atoms in total. The SMILES string of the molecule is NC(=O)C1=CN([C@@]2(NC(=O)Cc3ccc(O)cc3)C(=O)N3C(C(=O)O)=C(CSc4ccc5nnnn5n4)CS[C@H]32)C2=CC=CNC2=C1O. The number of thioether (sulfide) groups is 2. The predicted molar refractivity (Wildman–Crippen MR) is 169 cm³/mol. The molecule has 4 aliphatic heterocycles. The number of rotatable bonds is 9. The van der Waals surface area contributed by atoms with Gasteiger partial charge in [-0.25, -0.2) is 4.79 Å². The van der Waals surface area contributed by atoms with Gasteiger partial charge >= 0.3 is 5.97 Å². The normalized spacial score (nSPS) is 21.6. The molecule has 4 aliphatic rings. The second-order valence-corrected chi connectivity index (χ2v) is 12.9. The van der Waals surface area contributed by atoms with Crippen LogP contribution in [-0.2, 0) is 25.6 Å². The van der Waals surface area contributed by atoms with Crippen LogP contribution >= 0.6 is 23.5 Å². The summed E-state index contributed by atoms with van der Waals surface area (Å²) in [4.78, 5) is 55.9. The van der Waals surface area contributed by atoms with Crippen molar-refractivity contribution in [1.29, 1.82) is 0 Å². The zero-order chi connectivity index (χ0) is 33.7. The number of benzene rings is 1. The fourth-order valence-electron chi connectivity index (χ4n) is 5.72. The minimum absolute atomic E-state index is 0.00841. The molecule has 3 amide bonds. The van der Waals surface area contributed by atoms with E-state index in [0.29, 0.717) is 21.8 Å². The number of aromatic nitrogens is 5. The molecule has 0 bridgehead atoms. The second kappa shape index (κ2) is 11.8. The molecule has 2 atom stereocenters. The lowest BCUT2D eigenvalue weighted by Gasteiger charge is -2.61. The number of nitrogens with one attached hydrogen (secondary N) is 2. The first kappa shape index (κ1) is 30.8. The molecule has 3 aromatic rings. The average molecular weight is 689 g/mol. The highest BCUT2D eigenvalue weighted by molar-refractivity contribution is 8.01. The number of carbonyl (C=O) groups is 4. The maximum atomic E-state index is 14.5. The predicted octanol–water partition coefficient (Wildman–Crippen LogP) is 0.0812. The van der Waals surface area contributed by atoms with Crippen molar-refractivity contribution in [2.75, 3.05) is 11.5 Å². The zero-order valence-electron chi connectivity index (χ0n) is 24.5. The molecule has 1 fully saturated rings. The van der Waals surface area contributed by atoms with E-state index >= 15 is 0 Å². The van der Waals surface area contributed by atoms with Crippen molar-refractivity contribution >= 4 is 52.9 Å². The third kappa shape index (κ3) is 4.99. The number of nitrogens with zero attached hydrogens (tertiary/aromatic N) is 7. The van der Waals surface area contributed by atoms with Crippen LogP contribution in [0.15, 0.2) is 100.0 Å². The third-order valence-electron chi connectivity index (χ3n) is 7.89. The molecular weight excluding hydrogens is 665 g/mol. The highest BCUT2D eigenvalue weighted by Crippen LogP contribution is 2.51. The Morgan fingerprint density at radius 2 is 1.96 bits per heavy atom. The van der Waals surface area contributed by atoms with Gasteiger partial charge in [-0.05, 0) is 58.0 Å². The number of hydrogen-bond donors (Lipinski definition) is 6. The second-order valence-electron chi connectivity index (χ2n) is 10.8. The maximum absolute atomic E-state index is 14.5. The molecule has 0 spiro atoms. The number of aliphatic hydroxyl groups is 1. The van der Waals surface area contributed by atoms with E-state index in [1.165, 1.54) is 57.6 Å². The Hall–Kier alpha value is -5.82. The summed E-state index contributed by atoms with van der Waals surface area (Å²) in [5.41, 5.74) is 4.78. The number of β-lactam (4-membered cyclic amide) rings is 1. The number of carbonyl (C=O) groups excluding carboxylic acids is 3. The number of primary amides is 1. The standard InChI is InChI=1S/C29H24N10O7S2/c30-25(43)17-11-37(18-2-1-9-31-22(18)24(17)42)29(32-20(41)10-14-3-5-16(40)6-4-14)27(46)38-23(26(44)45)15(13-48-28(29)38)12-47-21-8-7-19-33-35-36-39(19)34-21/h1-9,11,28,31,40,42H,10,12-13H2,(H2,30,43)(H,32,41)(H,44,45)/t28-,29-/m0/s1. The van der Waals surface area contributed by atoms with Gasteiger partial charge in [-0.3, -0.25) is 19.3 Å². The van der Waals surface area contributed by atoms with E-state index in [4.69, 9.17) is 5.73 Å². The van der Waals surface area contributed by atoms with Gasteiger partial charge < -0.3 is 36.6 Å². The number of carboxylic acids is 1. The number of tetrazole rings is 1. The van der Waals surface area contributed by atoms with Crippen LogP contribution in [0.2, 0.25) is 0 Å². The Labute approximate surface area is 278 Å². The van der Waals surface area contributed by atoms with Crippen LogP contribution in [0.25, 0.3) is 5.65 Å². The molecule has 244 valence electrons. The lowest BCUT2D eigenvalue weighted by molar-refractivity contribution is -0.169. The molecule has 6 heterocycles.